The van der Waals surface area contributed by atoms with E-state index in [2.05, 4.69) is 27.3 Å². The Balaban J connectivity index is 2.56. The Hall–Kier alpha value is -2.38. The second-order valence-corrected chi connectivity index (χ2v) is 3.22. The minimum atomic E-state index is -1.13. The fourth-order valence-electron chi connectivity index (χ4n) is 1.09. The summed E-state index contributed by atoms with van der Waals surface area (Å²) in [5.41, 5.74) is 0. The van der Waals surface area contributed by atoms with Crippen molar-refractivity contribution < 1.29 is 14.7 Å². The first-order chi connectivity index (χ1) is 8.04. The maximum absolute atomic E-state index is 11.5. The molecule has 8 heteroatoms. The van der Waals surface area contributed by atoms with Crippen LogP contribution in [0.1, 0.15) is 6.42 Å². The van der Waals surface area contributed by atoms with Crippen molar-refractivity contribution in [3.8, 4) is 0 Å². The summed E-state index contributed by atoms with van der Waals surface area (Å²) in [7, 11) is 1.60. The molecule has 0 aliphatic heterocycles. The summed E-state index contributed by atoms with van der Waals surface area (Å²) >= 11 is 0. The molecular weight excluding hydrogens is 226 g/mol. The van der Waals surface area contributed by atoms with E-state index in [1.807, 2.05) is 0 Å². The average Bonchev–Trinajstić information content (AvgIpc) is 2.63. The number of nitrogens with one attached hydrogen (secondary N) is 2. The highest BCUT2D eigenvalue weighted by atomic mass is 16.4. The zero-order valence-corrected chi connectivity index (χ0v) is 9.25. The number of nitrogens with zero attached hydrogens (tertiary/aromatic N) is 3. The molecule has 1 rings (SSSR count). The van der Waals surface area contributed by atoms with Gasteiger partial charge in [-0.3, -0.25) is 5.32 Å². The topological polar surface area (TPSA) is 109 Å². The lowest BCUT2D eigenvalue weighted by Crippen LogP contribution is -2.43. The first kappa shape index (κ1) is 12.7. The summed E-state index contributed by atoms with van der Waals surface area (Å²) in [5.74, 6) is -0.900. The van der Waals surface area contributed by atoms with Crippen molar-refractivity contribution in [1.29, 1.82) is 0 Å². The van der Waals surface area contributed by atoms with Crippen LogP contribution in [0.5, 0.6) is 0 Å². The lowest BCUT2D eigenvalue weighted by Gasteiger charge is -2.12. The Morgan fingerprint density at radius 1 is 1.71 bits per heavy atom. The van der Waals surface area contributed by atoms with Crippen LogP contribution in [0.15, 0.2) is 19.0 Å². The van der Waals surface area contributed by atoms with Crippen molar-refractivity contribution in [2.75, 3.05) is 5.32 Å². The Morgan fingerprint density at radius 2 is 2.41 bits per heavy atom. The Labute approximate surface area is 97.3 Å². The first-order valence-electron chi connectivity index (χ1n) is 4.79. The fourth-order valence-corrected chi connectivity index (χ4v) is 1.09. The molecule has 1 unspecified atom stereocenters. The van der Waals surface area contributed by atoms with E-state index in [1.54, 1.807) is 7.05 Å². The second-order valence-electron chi connectivity index (χ2n) is 3.22. The van der Waals surface area contributed by atoms with Gasteiger partial charge in [0.05, 0.1) is 0 Å². The third-order valence-corrected chi connectivity index (χ3v) is 1.94. The number of hydrogen-bond donors (Lipinski definition) is 3. The average molecular weight is 239 g/mol. The monoisotopic (exact) mass is 239 g/mol. The Kier molecular flexibility index (Phi) is 4.21. The van der Waals surface area contributed by atoms with Crippen molar-refractivity contribution in [1.82, 2.24) is 20.1 Å². The van der Waals surface area contributed by atoms with Crippen LogP contribution in [0, 0.1) is 0 Å². The van der Waals surface area contributed by atoms with Gasteiger partial charge in [-0.2, -0.15) is 10.1 Å². The molecule has 8 nitrogen and oxygen atoms in total. The molecule has 1 aromatic rings. The number of urea groups is 1. The van der Waals surface area contributed by atoms with Crippen LogP contribution in [0.25, 0.3) is 0 Å². The van der Waals surface area contributed by atoms with Crippen molar-refractivity contribution >= 4 is 17.9 Å². The number of anilines is 1. The van der Waals surface area contributed by atoms with Crippen molar-refractivity contribution in [2.45, 2.75) is 12.5 Å². The smallest absolute Gasteiger partial charge is 0.326 e. The van der Waals surface area contributed by atoms with Crippen LogP contribution in [0.2, 0.25) is 0 Å². The van der Waals surface area contributed by atoms with E-state index >= 15 is 0 Å². The molecule has 0 bridgehead atoms. The van der Waals surface area contributed by atoms with Gasteiger partial charge in [-0.1, -0.05) is 6.08 Å². The van der Waals surface area contributed by atoms with Crippen LogP contribution in [0.4, 0.5) is 10.7 Å². The number of carboxylic acid groups (broad SMARTS) is 1. The summed E-state index contributed by atoms with van der Waals surface area (Å²) in [6.45, 7) is 3.42. The third kappa shape index (κ3) is 3.59. The molecule has 0 aromatic carbocycles. The number of rotatable bonds is 5. The molecule has 2 amide bonds. The standard InChI is InChI=1S/C9H13N5O3/c1-3-4-6(7(15)16)12-9(17)13-8-10-5-11-14(8)2/h3,5-6H,1,4H2,2H3,(H,15,16)(H2,10,11,12,13,17). The van der Waals surface area contributed by atoms with E-state index in [-0.39, 0.29) is 12.4 Å². The van der Waals surface area contributed by atoms with Crippen LogP contribution in [0.3, 0.4) is 0 Å². The van der Waals surface area contributed by atoms with Gasteiger partial charge in [0.1, 0.15) is 12.4 Å². The normalized spacial score (nSPS) is 11.6. The van der Waals surface area contributed by atoms with Gasteiger partial charge in [0, 0.05) is 7.05 Å². The zero-order chi connectivity index (χ0) is 12.8. The molecule has 1 heterocycles. The van der Waals surface area contributed by atoms with Gasteiger partial charge >= 0.3 is 12.0 Å². The van der Waals surface area contributed by atoms with E-state index in [0.717, 1.165) is 0 Å². The largest absolute Gasteiger partial charge is 0.480 e. The van der Waals surface area contributed by atoms with Gasteiger partial charge in [0.2, 0.25) is 5.95 Å². The molecule has 3 N–H and O–H groups in total. The number of amides is 2. The summed E-state index contributed by atoms with van der Waals surface area (Å²) in [6.07, 6.45) is 2.83. The van der Waals surface area contributed by atoms with Gasteiger partial charge in [0.15, 0.2) is 0 Å². The van der Waals surface area contributed by atoms with Crippen LogP contribution < -0.4 is 10.6 Å². The van der Waals surface area contributed by atoms with Gasteiger partial charge in [-0.05, 0) is 6.42 Å². The number of aromatic nitrogens is 3. The first-order valence-corrected chi connectivity index (χ1v) is 4.79. The number of carbonyl (C=O) groups is 2. The molecule has 0 spiro atoms. The number of carbonyl (C=O) groups excluding carboxylic acids is 1. The second kappa shape index (κ2) is 5.64. The Morgan fingerprint density at radius 3 is 2.88 bits per heavy atom. The molecule has 92 valence electrons. The molecule has 0 saturated carbocycles. The van der Waals surface area contributed by atoms with Crippen LogP contribution in [-0.4, -0.2) is 37.9 Å². The maximum atomic E-state index is 11.5. The third-order valence-electron chi connectivity index (χ3n) is 1.94. The van der Waals surface area contributed by atoms with E-state index in [0.29, 0.717) is 0 Å². The lowest BCUT2D eigenvalue weighted by atomic mass is 10.2. The predicted molar refractivity (Wildman–Crippen MR) is 59.4 cm³/mol. The van der Waals surface area contributed by atoms with E-state index in [4.69, 9.17) is 5.11 Å². The minimum Gasteiger partial charge on any atom is -0.480 e. The molecule has 1 aromatic heterocycles. The van der Waals surface area contributed by atoms with Gasteiger partial charge in [-0.25, -0.2) is 14.3 Å². The maximum Gasteiger partial charge on any atom is 0.326 e. The van der Waals surface area contributed by atoms with Crippen molar-refractivity contribution in [2.24, 2.45) is 7.05 Å². The van der Waals surface area contributed by atoms with Gasteiger partial charge < -0.3 is 10.4 Å². The SMILES string of the molecule is C=CCC(NC(=O)Nc1ncnn1C)C(=O)O. The van der Waals surface area contributed by atoms with E-state index < -0.39 is 18.0 Å². The summed E-state index contributed by atoms with van der Waals surface area (Å²) in [5, 5.41) is 17.2. The number of carboxylic acids is 1. The predicted octanol–water partition coefficient (Wildman–Crippen LogP) is -0.0341. The van der Waals surface area contributed by atoms with Crippen molar-refractivity contribution in [3.05, 3.63) is 19.0 Å². The molecule has 0 fully saturated rings. The molecule has 0 saturated heterocycles. The van der Waals surface area contributed by atoms with Crippen LogP contribution >= 0.6 is 0 Å². The van der Waals surface area contributed by atoms with E-state index in [9.17, 15) is 9.59 Å². The quantitative estimate of drug-likeness (QED) is 0.625. The van der Waals surface area contributed by atoms with E-state index in [1.165, 1.54) is 17.1 Å². The highest BCUT2D eigenvalue weighted by molar-refractivity contribution is 5.90. The number of aryl methyl sites for hydroxylation is 1. The molecule has 1 atom stereocenters. The summed E-state index contributed by atoms with van der Waals surface area (Å²) in [6, 6.07) is -1.67. The zero-order valence-electron chi connectivity index (χ0n) is 9.25. The Bertz CT molecular complexity index is 428. The molecule has 0 aliphatic rings. The highest BCUT2D eigenvalue weighted by Gasteiger charge is 2.18. The number of hydrogen-bond acceptors (Lipinski definition) is 4. The van der Waals surface area contributed by atoms with Crippen LogP contribution in [-0.2, 0) is 11.8 Å². The molecule has 17 heavy (non-hydrogen) atoms. The number of aliphatic carboxylic acids is 1. The lowest BCUT2D eigenvalue weighted by molar-refractivity contribution is -0.139. The van der Waals surface area contributed by atoms with Crippen molar-refractivity contribution in [3.63, 3.8) is 0 Å². The minimum absolute atomic E-state index is 0.140. The van der Waals surface area contributed by atoms with Gasteiger partial charge in [-0.15, -0.1) is 6.58 Å². The van der Waals surface area contributed by atoms with Gasteiger partial charge in [0.25, 0.3) is 0 Å². The summed E-state index contributed by atoms with van der Waals surface area (Å²) < 4.78 is 1.35. The molecule has 0 aliphatic carbocycles. The summed E-state index contributed by atoms with van der Waals surface area (Å²) in [4.78, 5) is 26.0. The molecular formula is C9H13N5O3. The highest BCUT2D eigenvalue weighted by Crippen LogP contribution is 1.99. The molecule has 0 radical (unpaired) electrons. The fraction of sp³-hybridized carbons (Fsp3) is 0.333.